The van der Waals surface area contributed by atoms with E-state index in [4.69, 9.17) is 4.42 Å². The van der Waals surface area contributed by atoms with Crippen LogP contribution < -0.4 is 0 Å². The van der Waals surface area contributed by atoms with Crippen molar-refractivity contribution in [2.24, 2.45) is 0 Å². The number of benzene rings is 7. The summed E-state index contributed by atoms with van der Waals surface area (Å²) in [5.74, 6) is 0. The van der Waals surface area contributed by atoms with Crippen LogP contribution in [0.4, 0.5) is 0 Å². The Morgan fingerprint density at radius 1 is 0.311 bits per heavy atom. The van der Waals surface area contributed by atoms with Gasteiger partial charge in [0.05, 0.1) is 22.1 Å². The third kappa shape index (κ3) is 3.52. The number of fused-ring (bicyclic) bond motifs is 9. The molecule has 0 atom stereocenters. The molecule has 0 fully saturated rings. The molecule has 0 aliphatic rings. The van der Waals surface area contributed by atoms with Gasteiger partial charge < -0.3 is 13.6 Å². The molecule has 0 saturated heterocycles. The van der Waals surface area contributed by atoms with Crippen molar-refractivity contribution in [3.8, 4) is 22.5 Å². The lowest BCUT2D eigenvalue weighted by molar-refractivity contribution is 0.668. The zero-order valence-corrected chi connectivity index (χ0v) is 24.3. The topological polar surface area (TPSA) is 23.0 Å². The van der Waals surface area contributed by atoms with Gasteiger partial charge in [-0.1, -0.05) is 91.0 Å². The second-order valence-electron chi connectivity index (χ2n) is 11.8. The normalized spacial score (nSPS) is 12.0. The molecule has 0 saturated carbocycles. The second-order valence-corrected chi connectivity index (χ2v) is 11.8. The van der Waals surface area contributed by atoms with Gasteiger partial charge in [0.2, 0.25) is 0 Å². The average molecular weight is 575 g/mol. The van der Waals surface area contributed by atoms with Crippen LogP contribution >= 0.6 is 0 Å². The fourth-order valence-corrected chi connectivity index (χ4v) is 7.29. The summed E-state index contributed by atoms with van der Waals surface area (Å²) in [7, 11) is 0. The molecule has 7 aromatic carbocycles. The number of rotatable bonds is 3. The van der Waals surface area contributed by atoms with Crippen LogP contribution in [0.15, 0.2) is 162 Å². The molecule has 3 heterocycles. The smallest absolute Gasteiger partial charge is 0.137 e. The molecule has 0 N–H and O–H groups in total. The van der Waals surface area contributed by atoms with Gasteiger partial charge in [0.15, 0.2) is 0 Å². The number of furan rings is 1. The van der Waals surface area contributed by atoms with E-state index in [1.54, 1.807) is 0 Å². The number of hydrogen-bond donors (Lipinski definition) is 0. The highest BCUT2D eigenvalue weighted by Gasteiger charge is 2.17. The molecular weight excluding hydrogens is 548 g/mol. The van der Waals surface area contributed by atoms with Gasteiger partial charge in [0.25, 0.3) is 0 Å². The van der Waals surface area contributed by atoms with Crippen LogP contribution in [-0.4, -0.2) is 9.13 Å². The van der Waals surface area contributed by atoms with Gasteiger partial charge >= 0.3 is 0 Å². The maximum atomic E-state index is 6.28. The summed E-state index contributed by atoms with van der Waals surface area (Å²) in [6.45, 7) is 0. The molecule has 3 nitrogen and oxygen atoms in total. The Morgan fingerprint density at radius 3 is 1.69 bits per heavy atom. The van der Waals surface area contributed by atoms with Crippen molar-refractivity contribution in [1.29, 1.82) is 0 Å². The first-order valence-corrected chi connectivity index (χ1v) is 15.4. The predicted octanol–water partition coefficient (Wildman–Crippen LogP) is 11.4. The lowest BCUT2D eigenvalue weighted by Crippen LogP contribution is -1.94. The summed E-state index contributed by atoms with van der Waals surface area (Å²) in [6, 6.07) is 56.6. The summed E-state index contributed by atoms with van der Waals surface area (Å²) < 4.78 is 11.0. The molecule has 0 bridgehead atoms. The molecule has 0 spiro atoms. The van der Waals surface area contributed by atoms with Crippen LogP contribution in [0.1, 0.15) is 0 Å². The maximum absolute atomic E-state index is 6.28. The Morgan fingerprint density at radius 2 is 0.867 bits per heavy atom. The zero-order valence-electron chi connectivity index (χ0n) is 24.3. The van der Waals surface area contributed by atoms with Crippen molar-refractivity contribution >= 4 is 65.6 Å². The minimum absolute atomic E-state index is 0.901. The monoisotopic (exact) mass is 574 g/mol. The summed E-state index contributed by atoms with van der Waals surface area (Å²) in [4.78, 5) is 0. The first-order chi connectivity index (χ1) is 22.3. The molecule has 3 aromatic heterocycles. The van der Waals surface area contributed by atoms with E-state index in [1.807, 2.05) is 12.1 Å². The number of para-hydroxylation sites is 4. The Kier molecular flexibility index (Phi) is 5.00. The highest BCUT2D eigenvalue weighted by Crippen LogP contribution is 2.39. The van der Waals surface area contributed by atoms with Crippen molar-refractivity contribution in [3.05, 3.63) is 158 Å². The van der Waals surface area contributed by atoms with Gasteiger partial charge in [0.1, 0.15) is 11.2 Å². The summed E-state index contributed by atoms with van der Waals surface area (Å²) in [5.41, 5.74) is 11.3. The van der Waals surface area contributed by atoms with Gasteiger partial charge in [-0.05, 0) is 71.8 Å². The Bertz CT molecular complexity index is 2760. The molecule has 0 radical (unpaired) electrons. The zero-order chi connectivity index (χ0) is 29.5. The van der Waals surface area contributed by atoms with Crippen LogP contribution in [-0.2, 0) is 0 Å². The largest absolute Gasteiger partial charge is 0.456 e. The number of hydrogen-bond acceptors (Lipinski definition) is 1. The first-order valence-electron chi connectivity index (χ1n) is 15.4. The lowest BCUT2D eigenvalue weighted by atomic mass is 10.0. The highest BCUT2D eigenvalue weighted by molar-refractivity contribution is 6.13. The van der Waals surface area contributed by atoms with E-state index in [-0.39, 0.29) is 0 Å². The van der Waals surface area contributed by atoms with E-state index in [2.05, 4.69) is 155 Å². The summed E-state index contributed by atoms with van der Waals surface area (Å²) in [6.07, 6.45) is 0. The van der Waals surface area contributed by atoms with E-state index >= 15 is 0 Å². The summed E-state index contributed by atoms with van der Waals surface area (Å²) in [5, 5.41) is 7.28. The van der Waals surface area contributed by atoms with Crippen LogP contribution in [0.5, 0.6) is 0 Å². The Balaban J connectivity index is 1.18. The van der Waals surface area contributed by atoms with E-state index < -0.39 is 0 Å². The van der Waals surface area contributed by atoms with Gasteiger partial charge in [0, 0.05) is 49.8 Å². The van der Waals surface area contributed by atoms with E-state index in [9.17, 15) is 0 Å². The van der Waals surface area contributed by atoms with Crippen LogP contribution in [0.25, 0.3) is 88.1 Å². The van der Waals surface area contributed by atoms with Gasteiger partial charge in [-0.15, -0.1) is 0 Å². The predicted molar refractivity (Wildman–Crippen MR) is 188 cm³/mol. The van der Waals surface area contributed by atoms with Gasteiger partial charge in [-0.25, -0.2) is 0 Å². The molecule has 210 valence electrons. The first kappa shape index (κ1) is 24.4. The maximum Gasteiger partial charge on any atom is 0.137 e. The van der Waals surface area contributed by atoms with Crippen molar-refractivity contribution in [1.82, 2.24) is 9.13 Å². The molecule has 10 rings (SSSR count). The highest BCUT2D eigenvalue weighted by atomic mass is 16.3. The Hall–Kier alpha value is -6.06. The minimum Gasteiger partial charge on any atom is -0.456 e. The fourth-order valence-electron chi connectivity index (χ4n) is 7.29. The lowest BCUT2D eigenvalue weighted by Gasteiger charge is -2.10. The molecule has 0 aliphatic carbocycles. The molecule has 10 aromatic rings. The molecule has 0 aliphatic heterocycles. The van der Waals surface area contributed by atoms with Crippen LogP contribution in [0.2, 0.25) is 0 Å². The van der Waals surface area contributed by atoms with Gasteiger partial charge in [-0.2, -0.15) is 0 Å². The van der Waals surface area contributed by atoms with Crippen molar-refractivity contribution < 1.29 is 4.42 Å². The molecule has 0 unspecified atom stereocenters. The van der Waals surface area contributed by atoms with E-state index in [1.165, 1.54) is 60.4 Å². The average Bonchev–Trinajstić information content (AvgIpc) is 3.75. The minimum atomic E-state index is 0.901. The van der Waals surface area contributed by atoms with E-state index in [0.29, 0.717) is 0 Å². The molecule has 0 amide bonds. The van der Waals surface area contributed by atoms with Crippen molar-refractivity contribution in [3.63, 3.8) is 0 Å². The number of nitrogens with zero attached hydrogens (tertiary/aromatic N) is 2. The quantitative estimate of drug-likeness (QED) is 0.206. The van der Waals surface area contributed by atoms with Crippen LogP contribution in [0, 0.1) is 0 Å². The standard InChI is InChI=1S/C42H26N2O/c1-2-10-29(11-3-1)43-37-15-7-4-12-31(37)33-21-18-28(25-40(33)43)27-19-23-39-36(24-27)32-13-5-8-16-38(32)44(39)30-20-22-35-34-14-6-9-17-41(34)45-42(35)26-30/h1-26H. The molecule has 45 heavy (non-hydrogen) atoms. The summed E-state index contributed by atoms with van der Waals surface area (Å²) >= 11 is 0. The van der Waals surface area contributed by atoms with E-state index in [0.717, 1.165) is 27.6 Å². The van der Waals surface area contributed by atoms with Crippen molar-refractivity contribution in [2.45, 2.75) is 0 Å². The number of aromatic nitrogens is 2. The Labute approximate surface area is 258 Å². The van der Waals surface area contributed by atoms with Crippen LogP contribution in [0.3, 0.4) is 0 Å². The second kappa shape index (κ2) is 9.22. The third-order valence-electron chi connectivity index (χ3n) is 9.31. The van der Waals surface area contributed by atoms with Gasteiger partial charge in [-0.3, -0.25) is 0 Å². The SMILES string of the molecule is c1ccc(-n2c3ccccc3c3ccc(-c4ccc5c(c4)c4ccccc4n5-c4ccc5c(c4)oc4ccccc45)cc32)cc1. The molecule has 3 heteroatoms. The third-order valence-corrected chi connectivity index (χ3v) is 9.31. The molecular formula is C42H26N2O. The van der Waals surface area contributed by atoms with Crippen molar-refractivity contribution in [2.75, 3.05) is 0 Å². The fraction of sp³-hybridized carbons (Fsp3) is 0.